The van der Waals surface area contributed by atoms with E-state index in [1.165, 1.54) is 14.2 Å². The molecule has 5 atom stereocenters. The van der Waals surface area contributed by atoms with E-state index in [0.717, 1.165) is 82.5 Å². The lowest BCUT2D eigenvalue weighted by Gasteiger charge is -2.40. The summed E-state index contributed by atoms with van der Waals surface area (Å²) in [5.41, 5.74) is 5.61. The lowest BCUT2D eigenvalue weighted by atomic mass is 9.93. The Morgan fingerprint density at radius 1 is 0.814 bits per heavy atom. The molecule has 15 nitrogen and oxygen atoms in total. The number of fused-ring (bicyclic) bond motifs is 3. The Bertz CT molecular complexity index is 2360. The Morgan fingerprint density at radius 3 is 2.15 bits per heavy atom. The van der Waals surface area contributed by atoms with Gasteiger partial charge in [-0.15, -0.1) is 0 Å². The molecule has 1 saturated carbocycles. The maximum Gasteiger partial charge on any atom is 0.407 e. The number of aromatic amines is 2. The predicted octanol–water partition coefficient (Wildman–Crippen LogP) is 7.14. The lowest BCUT2D eigenvalue weighted by molar-refractivity contribution is -0.140. The highest BCUT2D eigenvalue weighted by Gasteiger charge is 2.56. The number of imidazole rings is 2. The average molecular weight is 805 g/mol. The number of alkyl carbamates (subject to hydrolysis) is 2. The summed E-state index contributed by atoms with van der Waals surface area (Å²) in [6.07, 6.45) is 8.27. The van der Waals surface area contributed by atoms with E-state index in [4.69, 9.17) is 23.9 Å². The molecule has 2 bridgehead atoms. The van der Waals surface area contributed by atoms with Crippen molar-refractivity contribution in [3.63, 3.8) is 0 Å². The van der Waals surface area contributed by atoms with Crippen LogP contribution in [-0.4, -0.2) is 93.1 Å². The van der Waals surface area contributed by atoms with Gasteiger partial charge in [0.2, 0.25) is 11.8 Å². The van der Waals surface area contributed by atoms with E-state index in [1.54, 1.807) is 17.4 Å². The standard InChI is InChI=1S/C44H52N8O7/c1-24(2)35(49-42(55)57-5)39(53)51-18-7-8-34(51)38-45-21-32(47-38)28-11-9-27(10-12-28)29-13-14-31(37-30(29)16-19-59-37)33-22-46-41(48-33)44-17-15-26(20-44)23-52(44)40(54)36(25(3)4)50-43(56)58-6/h9-14,16,19,21-22,24-26,34-36H,7-8,15,17-18,20,23H2,1-6H3,(H,45,47)(H,46,48)(H,49,55)(H,50,56). The van der Waals surface area contributed by atoms with Gasteiger partial charge >= 0.3 is 12.2 Å². The van der Waals surface area contributed by atoms with Gasteiger partial charge in [0.05, 0.1) is 50.3 Å². The maximum absolute atomic E-state index is 14.0. The summed E-state index contributed by atoms with van der Waals surface area (Å²) >= 11 is 0. The molecule has 59 heavy (non-hydrogen) atoms. The highest BCUT2D eigenvalue weighted by Crippen LogP contribution is 2.53. The number of ether oxygens (including phenoxy) is 2. The fraction of sp³-hybridized carbons (Fsp3) is 0.455. The molecule has 8 rings (SSSR count). The molecule has 2 aliphatic heterocycles. The second-order valence-electron chi connectivity index (χ2n) is 16.7. The summed E-state index contributed by atoms with van der Waals surface area (Å²) in [6.45, 7) is 8.84. The molecule has 2 saturated heterocycles. The summed E-state index contributed by atoms with van der Waals surface area (Å²) in [5.74, 6) is 1.31. The first-order valence-corrected chi connectivity index (χ1v) is 20.4. The number of rotatable bonds is 11. The minimum absolute atomic E-state index is 0.115. The van der Waals surface area contributed by atoms with Gasteiger partial charge in [-0.25, -0.2) is 19.6 Å². The van der Waals surface area contributed by atoms with Crippen molar-refractivity contribution in [2.75, 3.05) is 27.3 Å². The molecule has 3 fully saturated rings. The largest absolute Gasteiger partial charge is 0.464 e. The first-order chi connectivity index (χ1) is 28.4. The molecule has 15 heteroatoms. The smallest absolute Gasteiger partial charge is 0.407 e. The quantitative estimate of drug-likeness (QED) is 0.108. The summed E-state index contributed by atoms with van der Waals surface area (Å²) < 4.78 is 15.7. The van der Waals surface area contributed by atoms with Crippen LogP contribution in [0, 0.1) is 17.8 Å². The Hall–Kier alpha value is -6.12. The fourth-order valence-electron chi connectivity index (χ4n) is 9.37. The van der Waals surface area contributed by atoms with E-state index >= 15 is 0 Å². The van der Waals surface area contributed by atoms with Gasteiger partial charge in [-0.2, -0.15) is 0 Å². The molecule has 5 heterocycles. The Balaban J connectivity index is 1.01. The molecule has 4 amide bonds. The molecule has 3 aliphatic rings. The number of furan rings is 1. The summed E-state index contributed by atoms with van der Waals surface area (Å²) in [7, 11) is 2.59. The van der Waals surface area contributed by atoms with Crippen molar-refractivity contribution in [1.29, 1.82) is 0 Å². The molecule has 2 aromatic carbocycles. The number of carbonyl (C=O) groups is 4. The molecule has 0 radical (unpaired) electrons. The van der Waals surface area contributed by atoms with Crippen molar-refractivity contribution in [3.05, 3.63) is 72.8 Å². The van der Waals surface area contributed by atoms with Crippen LogP contribution in [0.1, 0.15) is 77.5 Å². The zero-order valence-corrected chi connectivity index (χ0v) is 34.3. The van der Waals surface area contributed by atoms with Gasteiger partial charge in [0.1, 0.15) is 34.9 Å². The minimum atomic E-state index is -0.712. The second-order valence-corrected chi connectivity index (χ2v) is 16.7. The van der Waals surface area contributed by atoms with Crippen LogP contribution in [0.15, 0.2) is 65.5 Å². The van der Waals surface area contributed by atoms with Crippen LogP contribution in [0.2, 0.25) is 0 Å². The molecular formula is C44H52N8O7. The molecule has 0 spiro atoms. The number of piperidine rings is 1. The number of methoxy groups -OCH3 is 2. The lowest BCUT2D eigenvalue weighted by Crippen LogP contribution is -2.56. The van der Waals surface area contributed by atoms with Crippen LogP contribution in [-0.2, 0) is 24.6 Å². The molecule has 5 unspecified atom stereocenters. The summed E-state index contributed by atoms with van der Waals surface area (Å²) in [4.78, 5) is 72.1. The van der Waals surface area contributed by atoms with E-state index in [1.807, 2.05) is 63.1 Å². The van der Waals surface area contributed by atoms with E-state index in [2.05, 4.69) is 38.8 Å². The van der Waals surface area contributed by atoms with E-state index < -0.39 is 29.8 Å². The van der Waals surface area contributed by atoms with Gasteiger partial charge in [0.15, 0.2) is 0 Å². The number of likely N-dealkylation sites (tertiary alicyclic amines) is 2. The van der Waals surface area contributed by atoms with Crippen molar-refractivity contribution in [1.82, 2.24) is 40.4 Å². The van der Waals surface area contributed by atoms with Crippen molar-refractivity contribution in [2.45, 2.75) is 83.5 Å². The predicted molar refractivity (Wildman–Crippen MR) is 220 cm³/mol. The normalized spacial score (nSPS) is 21.0. The van der Waals surface area contributed by atoms with Crippen molar-refractivity contribution in [3.8, 4) is 33.6 Å². The number of hydrogen-bond donors (Lipinski definition) is 4. The van der Waals surface area contributed by atoms with E-state index in [0.29, 0.717) is 24.8 Å². The maximum atomic E-state index is 14.0. The third-order valence-corrected chi connectivity index (χ3v) is 12.5. The number of hydrogen-bond acceptors (Lipinski definition) is 9. The molecule has 5 aromatic rings. The van der Waals surface area contributed by atoms with Crippen LogP contribution in [0.3, 0.4) is 0 Å². The molecule has 4 N–H and O–H groups in total. The second kappa shape index (κ2) is 15.9. The number of nitrogens with one attached hydrogen (secondary N) is 4. The van der Waals surface area contributed by atoms with Gasteiger partial charge in [-0.05, 0) is 78.7 Å². The first kappa shape index (κ1) is 39.7. The molecule has 3 aromatic heterocycles. The number of H-pyrrole nitrogens is 2. The average Bonchev–Trinajstić information content (AvgIpc) is 4.10. The number of aromatic nitrogens is 4. The summed E-state index contributed by atoms with van der Waals surface area (Å²) in [6, 6.07) is 12.7. The molecule has 1 aliphatic carbocycles. The van der Waals surface area contributed by atoms with Crippen LogP contribution >= 0.6 is 0 Å². The third-order valence-electron chi connectivity index (χ3n) is 12.5. The van der Waals surface area contributed by atoms with Crippen molar-refractivity contribution < 1.29 is 33.1 Å². The van der Waals surface area contributed by atoms with Gasteiger partial charge < -0.3 is 44.3 Å². The highest BCUT2D eigenvalue weighted by atomic mass is 16.5. The number of nitrogens with zero attached hydrogens (tertiary/aromatic N) is 4. The zero-order valence-electron chi connectivity index (χ0n) is 34.3. The van der Waals surface area contributed by atoms with Crippen LogP contribution in [0.4, 0.5) is 9.59 Å². The summed E-state index contributed by atoms with van der Waals surface area (Å²) in [5, 5.41) is 6.40. The van der Waals surface area contributed by atoms with Crippen molar-refractivity contribution in [2.24, 2.45) is 17.8 Å². The topological polar surface area (TPSA) is 188 Å². The Labute approximate surface area is 342 Å². The SMILES string of the molecule is COC(=O)NC(C(=O)N1CCCC1c1ncc(-c2ccc(-c3ccc(-c4cnc(C56CCC(CN5C(=O)C(NC(=O)OC)C(C)C)C6)[nH]4)c4occc34)cc2)[nH]1)C(C)C. The third kappa shape index (κ3) is 7.20. The van der Waals surface area contributed by atoms with E-state index in [9.17, 15) is 19.2 Å². The van der Waals surface area contributed by atoms with Gasteiger partial charge in [-0.1, -0.05) is 58.0 Å². The zero-order chi connectivity index (χ0) is 41.6. The minimum Gasteiger partial charge on any atom is -0.464 e. The highest BCUT2D eigenvalue weighted by molar-refractivity contribution is 6.01. The number of benzene rings is 2. The van der Waals surface area contributed by atoms with Gasteiger partial charge in [0.25, 0.3) is 0 Å². The van der Waals surface area contributed by atoms with Gasteiger partial charge in [0, 0.05) is 24.0 Å². The monoisotopic (exact) mass is 804 g/mol. The molecular weight excluding hydrogens is 753 g/mol. The van der Waals surface area contributed by atoms with E-state index in [-0.39, 0.29) is 29.7 Å². The molecule has 310 valence electrons. The Morgan fingerprint density at radius 2 is 1.47 bits per heavy atom. The number of carbonyl (C=O) groups excluding carboxylic acids is 4. The van der Waals surface area contributed by atoms with Crippen LogP contribution < -0.4 is 10.6 Å². The Kier molecular flexibility index (Phi) is 10.7. The number of amides is 4. The fourth-order valence-corrected chi connectivity index (χ4v) is 9.37. The van der Waals surface area contributed by atoms with Crippen molar-refractivity contribution >= 4 is 35.0 Å². The van der Waals surface area contributed by atoms with Gasteiger partial charge in [-0.3, -0.25) is 9.59 Å². The van der Waals surface area contributed by atoms with Crippen LogP contribution in [0.5, 0.6) is 0 Å². The first-order valence-electron chi connectivity index (χ1n) is 20.4. The van der Waals surface area contributed by atoms with Crippen LogP contribution in [0.25, 0.3) is 44.6 Å².